The Labute approximate surface area is 274 Å². The van der Waals surface area contributed by atoms with E-state index in [0.717, 1.165) is 50.5 Å². The van der Waals surface area contributed by atoms with Gasteiger partial charge in [-0.15, -0.1) is 0 Å². The van der Waals surface area contributed by atoms with Crippen LogP contribution in [0.15, 0.2) is 30.5 Å². The number of hydrogen-bond donors (Lipinski definition) is 1. The van der Waals surface area contributed by atoms with Crippen molar-refractivity contribution >= 4 is 46.4 Å². The molecule has 1 saturated heterocycles. The monoisotopic (exact) mass is 654 g/mol. The number of carbonyl (C=O) groups excluding carboxylic acids is 3. The van der Waals surface area contributed by atoms with Crippen molar-refractivity contribution in [2.75, 3.05) is 11.9 Å². The fourth-order valence-corrected chi connectivity index (χ4v) is 9.63. The number of amides is 1. The number of carbonyl (C=O) groups is 3. The largest absolute Gasteiger partial charge is 0.370 e. The van der Waals surface area contributed by atoms with E-state index in [4.69, 9.17) is 27.9 Å². The number of ether oxygens (including phenoxy) is 1. The van der Waals surface area contributed by atoms with Crippen LogP contribution in [0.4, 0.5) is 10.1 Å². The quantitative estimate of drug-likeness (QED) is 0.304. The van der Waals surface area contributed by atoms with E-state index in [0.29, 0.717) is 42.5 Å². The van der Waals surface area contributed by atoms with Crippen LogP contribution in [0.3, 0.4) is 0 Å². The van der Waals surface area contributed by atoms with Gasteiger partial charge in [0.2, 0.25) is 5.91 Å². The summed E-state index contributed by atoms with van der Waals surface area (Å²) in [5.74, 6) is -1.59. The minimum atomic E-state index is -1.18. The average molecular weight is 656 g/mol. The second-order valence-corrected chi connectivity index (χ2v) is 16.0. The van der Waals surface area contributed by atoms with Crippen LogP contribution in [0, 0.1) is 34.4 Å². The summed E-state index contributed by atoms with van der Waals surface area (Å²) in [4.78, 5) is 45.9. The van der Waals surface area contributed by atoms with Crippen LogP contribution in [-0.4, -0.2) is 35.2 Å². The molecule has 2 spiro atoms. The Balaban J connectivity index is 1.27. The van der Waals surface area contributed by atoms with Gasteiger partial charge in [-0.3, -0.25) is 14.4 Å². The van der Waals surface area contributed by atoms with Gasteiger partial charge in [-0.25, -0.2) is 9.37 Å². The Morgan fingerprint density at radius 2 is 1.71 bits per heavy atom. The molecule has 0 unspecified atom stereocenters. The Morgan fingerprint density at radius 3 is 2.40 bits per heavy atom. The molecular weight excluding hydrogens is 614 g/mol. The van der Waals surface area contributed by atoms with E-state index in [1.807, 2.05) is 6.07 Å². The minimum absolute atomic E-state index is 0.0139. The molecular formula is C36H41Cl2FN2O4. The highest BCUT2D eigenvalue weighted by atomic mass is 35.5. The molecule has 0 bridgehead atoms. The zero-order valence-electron chi connectivity index (χ0n) is 26.0. The molecule has 9 heteroatoms. The summed E-state index contributed by atoms with van der Waals surface area (Å²) < 4.78 is 22.2. The molecule has 1 amide bonds. The number of nitrogens with one attached hydrogen (secondary N) is 1. The van der Waals surface area contributed by atoms with Crippen molar-refractivity contribution in [1.82, 2.24) is 4.98 Å². The maximum absolute atomic E-state index is 16.1. The number of rotatable bonds is 7. The number of benzene rings is 1. The lowest BCUT2D eigenvalue weighted by atomic mass is 9.51. The lowest BCUT2D eigenvalue weighted by Crippen LogP contribution is -2.52. The topological polar surface area (TPSA) is 85.4 Å². The van der Waals surface area contributed by atoms with E-state index < -0.39 is 28.5 Å². The fraction of sp³-hybridized carbons (Fsp3) is 0.611. The second-order valence-electron chi connectivity index (χ2n) is 15.2. The molecule has 3 saturated carbocycles. The third kappa shape index (κ3) is 5.25. The standard InChI is InChI=1S/C36H41Cl2FN2O4/c1-34(2)10-12-35(13-11-34)18-24(27(42)16-21-5-8-29(45-19-21)28(43)15-20-3-4-20)30(23-9-14-40-32(38)31(23)39)36(35)25-7-6-22(37)17-26(25)41-33(36)44/h6-7,9,14,17,20-21,24,29-30H,3-5,8,10-13,15-16,18-19H2,1-2H3,(H,41,44)/t21-,24-,29-,30-,36+/m0/s1. The zero-order valence-corrected chi connectivity index (χ0v) is 27.5. The van der Waals surface area contributed by atoms with Gasteiger partial charge in [-0.05, 0) is 110 Å². The van der Waals surface area contributed by atoms with Gasteiger partial charge in [-0.2, -0.15) is 0 Å². The van der Waals surface area contributed by atoms with Crippen LogP contribution >= 0.6 is 23.2 Å². The molecule has 0 radical (unpaired) electrons. The lowest BCUT2D eigenvalue weighted by molar-refractivity contribution is -0.137. The molecule has 1 aromatic carbocycles. The maximum atomic E-state index is 16.1. The number of anilines is 1. The number of ketones is 2. The van der Waals surface area contributed by atoms with Gasteiger partial charge in [-0.1, -0.05) is 43.1 Å². The highest BCUT2D eigenvalue weighted by Crippen LogP contribution is 2.72. The summed E-state index contributed by atoms with van der Waals surface area (Å²) in [5, 5.41) is 3.34. The molecule has 2 aliphatic heterocycles. The van der Waals surface area contributed by atoms with E-state index >= 15 is 4.39 Å². The first kappa shape index (κ1) is 31.3. The fourth-order valence-electron chi connectivity index (χ4n) is 9.29. The Morgan fingerprint density at radius 1 is 1.00 bits per heavy atom. The molecule has 1 N–H and O–H groups in total. The molecule has 3 heterocycles. The van der Waals surface area contributed by atoms with E-state index in [1.54, 1.807) is 18.2 Å². The molecule has 5 atom stereocenters. The Bertz CT molecular complexity index is 1540. The summed E-state index contributed by atoms with van der Waals surface area (Å²) >= 11 is 12.7. The van der Waals surface area contributed by atoms with Crippen LogP contribution in [-0.2, 0) is 24.5 Å². The molecule has 4 fully saturated rings. The van der Waals surface area contributed by atoms with Crippen molar-refractivity contribution in [3.63, 3.8) is 0 Å². The molecule has 3 aliphatic carbocycles. The van der Waals surface area contributed by atoms with Crippen molar-refractivity contribution < 1.29 is 23.5 Å². The van der Waals surface area contributed by atoms with E-state index in [9.17, 15) is 14.4 Å². The van der Waals surface area contributed by atoms with Crippen molar-refractivity contribution in [3.05, 3.63) is 57.6 Å². The van der Waals surface area contributed by atoms with Gasteiger partial charge < -0.3 is 10.1 Å². The SMILES string of the molecule is CC1(C)CCC2(CC1)C[C@@H](C(=O)C[C@@H]1CC[C@@H](C(=O)CC3CC3)OC1)[C@H](c1ccnc(Cl)c1F)[C@]21C(=O)Nc2cc(Cl)ccc21. The number of Topliss-reactive ketones (excluding diaryl/α,β-unsaturated/α-hetero) is 2. The summed E-state index contributed by atoms with van der Waals surface area (Å²) in [6.07, 6.45) is 9.29. The molecule has 5 aliphatic rings. The van der Waals surface area contributed by atoms with E-state index in [2.05, 4.69) is 24.1 Å². The molecule has 240 valence electrons. The smallest absolute Gasteiger partial charge is 0.236 e. The summed E-state index contributed by atoms with van der Waals surface area (Å²) in [7, 11) is 0. The van der Waals surface area contributed by atoms with Crippen LogP contribution in [0.25, 0.3) is 0 Å². The van der Waals surface area contributed by atoms with Gasteiger partial charge in [0.1, 0.15) is 11.9 Å². The third-order valence-electron chi connectivity index (χ3n) is 11.9. The summed E-state index contributed by atoms with van der Waals surface area (Å²) in [6, 6.07) is 7.03. The zero-order chi connectivity index (χ0) is 31.7. The molecule has 2 aromatic rings. The summed E-state index contributed by atoms with van der Waals surface area (Å²) in [5.41, 5.74) is 0.0138. The average Bonchev–Trinajstić information content (AvgIpc) is 3.70. The Hall–Kier alpha value is -2.35. The van der Waals surface area contributed by atoms with E-state index in [-0.39, 0.29) is 52.0 Å². The van der Waals surface area contributed by atoms with Gasteiger partial charge in [0.25, 0.3) is 0 Å². The van der Waals surface area contributed by atoms with Crippen molar-refractivity contribution in [3.8, 4) is 0 Å². The van der Waals surface area contributed by atoms with Gasteiger partial charge in [0, 0.05) is 41.6 Å². The number of halogens is 3. The first-order valence-electron chi connectivity index (χ1n) is 16.5. The van der Waals surface area contributed by atoms with Gasteiger partial charge in [0.15, 0.2) is 16.8 Å². The minimum Gasteiger partial charge on any atom is -0.370 e. The predicted molar refractivity (Wildman–Crippen MR) is 171 cm³/mol. The number of hydrogen-bond acceptors (Lipinski definition) is 5. The number of aromatic nitrogens is 1. The number of pyridine rings is 1. The number of nitrogens with zero attached hydrogens (tertiary/aromatic N) is 1. The van der Waals surface area contributed by atoms with Crippen molar-refractivity contribution in [1.29, 1.82) is 0 Å². The van der Waals surface area contributed by atoms with Crippen LogP contribution < -0.4 is 5.32 Å². The van der Waals surface area contributed by atoms with Gasteiger partial charge in [0.05, 0.1) is 12.0 Å². The second kappa shape index (κ2) is 11.4. The predicted octanol–water partition coefficient (Wildman–Crippen LogP) is 8.23. The molecule has 7 rings (SSSR count). The summed E-state index contributed by atoms with van der Waals surface area (Å²) in [6.45, 7) is 4.85. The molecule has 6 nitrogen and oxygen atoms in total. The van der Waals surface area contributed by atoms with Gasteiger partial charge >= 0.3 is 0 Å². The highest BCUT2D eigenvalue weighted by Gasteiger charge is 2.72. The highest BCUT2D eigenvalue weighted by molar-refractivity contribution is 6.31. The molecule has 1 aromatic heterocycles. The van der Waals surface area contributed by atoms with E-state index in [1.165, 1.54) is 6.20 Å². The third-order valence-corrected chi connectivity index (χ3v) is 12.4. The van der Waals surface area contributed by atoms with Crippen LogP contribution in [0.2, 0.25) is 10.2 Å². The van der Waals surface area contributed by atoms with Crippen LogP contribution in [0.1, 0.15) is 102 Å². The van der Waals surface area contributed by atoms with Crippen LogP contribution in [0.5, 0.6) is 0 Å². The van der Waals surface area contributed by atoms with Crippen molar-refractivity contribution in [2.24, 2.45) is 28.6 Å². The van der Waals surface area contributed by atoms with Crippen molar-refractivity contribution in [2.45, 2.75) is 102 Å². The number of fused-ring (bicyclic) bond motifs is 3. The maximum Gasteiger partial charge on any atom is 0.236 e. The Kier molecular flexibility index (Phi) is 7.93. The first-order valence-corrected chi connectivity index (χ1v) is 17.3. The first-order chi connectivity index (χ1) is 21.4. The normalized spacial score (nSPS) is 31.6. The lowest BCUT2D eigenvalue weighted by Gasteiger charge is -2.51. The molecule has 45 heavy (non-hydrogen) atoms.